The van der Waals surface area contributed by atoms with Crippen molar-refractivity contribution in [2.24, 2.45) is 10.9 Å². The third-order valence-corrected chi connectivity index (χ3v) is 1.30. The van der Waals surface area contributed by atoms with E-state index in [0.29, 0.717) is 0 Å². The minimum Gasteiger partial charge on any atom is -0.271 e. The molecule has 0 aliphatic heterocycles. The van der Waals surface area contributed by atoms with Crippen LogP contribution in [0.4, 0.5) is 0 Å². The smallest absolute Gasteiger partial charge is 0.259 e. The second-order valence-electron chi connectivity index (χ2n) is 2.23. The Hall–Kier alpha value is -0.950. The molecule has 3 heteroatoms. The van der Waals surface area contributed by atoms with Crippen molar-refractivity contribution in [3.8, 4) is 0 Å². The lowest BCUT2D eigenvalue weighted by molar-refractivity contribution is -0.121. The zero-order valence-electron chi connectivity index (χ0n) is 6.26. The van der Waals surface area contributed by atoms with Gasteiger partial charge < -0.3 is 0 Å². The van der Waals surface area contributed by atoms with Crippen molar-refractivity contribution in [1.29, 1.82) is 0 Å². The van der Waals surface area contributed by atoms with E-state index in [-0.39, 0.29) is 11.8 Å². The number of hydrogen-bond acceptors (Lipinski definition) is 2. The SMILES string of the molecule is CCC[C@H](C)C(=O)N=C=O. The van der Waals surface area contributed by atoms with Gasteiger partial charge in [-0.15, -0.1) is 4.99 Å². The van der Waals surface area contributed by atoms with Gasteiger partial charge in [0.1, 0.15) is 0 Å². The lowest BCUT2D eigenvalue weighted by atomic mass is 10.1. The van der Waals surface area contributed by atoms with Crippen LogP contribution in [0.5, 0.6) is 0 Å². The molecule has 0 radical (unpaired) electrons. The van der Waals surface area contributed by atoms with E-state index in [1.165, 1.54) is 6.08 Å². The summed E-state index contributed by atoms with van der Waals surface area (Å²) in [6, 6.07) is 0. The second kappa shape index (κ2) is 4.89. The average Bonchev–Trinajstić information content (AvgIpc) is 1.89. The average molecular weight is 141 g/mol. The Bertz CT molecular complexity index is 159. The maximum absolute atomic E-state index is 10.7. The van der Waals surface area contributed by atoms with Gasteiger partial charge in [-0.3, -0.25) is 4.79 Å². The fraction of sp³-hybridized carbons (Fsp3) is 0.714. The Labute approximate surface area is 60.1 Å². The largest absolute Gasteiger partial charge is 0.271 e. The Morgan fingerprint density at radius 1 is 1.70 bits per heavy atom. The molecule has 0 bridgehead atoms. The highest BCUT2D eigenvalue weighted by atomic mass is 16.2. The van der Waals surface area contributed by atoms with Gasteiger partial charge in [-0.1, -0.05) is 20.3 Å². The van der Waals surface area contributed by atoms with Crippen LogP contribution in [0.15, 0.2) is 4.99 Å². The van der Waals surface area contributed by atoms with Crippen molar-refractivity contribution in [2.45, 2.75) is 26.7 Å². The molecule has 0 N–H and O–H groups in total. The summed E-state index contributed by atoms with van der Waals surface area (Å²) < 4.78 is 0. The van der Waals surface area contributed by atoms with Crippen molar-refractivity contribution >= 4 is 12.0 Å². The van der Waals surface area contributed by atoms with E-state index in [1.54, 1.807) is 6.92 Å². The predicted molar refractivity (Wildman–Crippen MR) is 37.2 cm³/mol. The summed E-state index contributed by atoms with van der Waals surface area (Å²) in [5, 5.41) is 0. The minimum absolute atomic E-state index is 0.133. The van der Waals surface area contributed by atoms with Crippen LogP contribution in [0, 0.1) is 5.92 Å². The predicted octanol–water partition coefficient (Wildman–Crippen LogP) is 1.29. The van der Waals surface area contributed by atoms with Crippen molar-refractivity contribution in [3.05, 3.63) is 0 Å². The molecular weight excluding hydrogens is 130 g/mol. The first-order valence-corrected chi connectivity index (χ1v) is 3.34. The highest BCUT2D eigenvalue weighted by molar-refractivity contribution is 5.83. The molecule has 3 nitrogen and oxygen atoms in total. The van der Waals surface area contributed by atoms with Gasteiger partial charge in [0, 0.05) is 5.92 Å². The van der Waals surface area contributed by atoms with E-state index in [4.69, 9.17) is 0 Å². The van der Waals surface area contributed by atoms with Crippen LogP contribution in [0.2, 0.25) is 0 Å². The molecule has 0 aromatic carbocycles. The standard InChI is InChI=1S/C7H11NO2/c1-3-4-6(2)7(10)8-5-9/h6H,3-4H2,1-2H3/t6-/m0/s1. The molecule has 0 rings (SSSR count). The van der Waals surface area contributed by atoms with Gasteiger partial charge in [0.15, 0.2) is 0 Å². The molecule has 0 aromatic heterocycles. The number of aliphatic imine (C=N–C) groups is 1. The van der Waals surface area contributed by atoms with Crippen molar-refractivity contribution in [3.63, 3.8) is 0 Å². The van der Waals surface area contributed by atoms with Crippen molar-refractivity contribution in [1.82, 2.24) is 0 Å². The van der Waals surface area contributed by atoms with Crippen LogP contribution in [0.25, 0.3) is 0 Å². The monoisotopic (exact) mass is 141 g/mol. The van der Waals surface area contributed by atoms with E-state index in [2.05, 4.69) is 4.99 Å². The number of carbonyl (C=O) groups excluding carboxylic acids is 2. The van der Waals surface area contributed by atoms with E-state index in [9.17, 15) is 9.59 Å². The summed E-state index contributed by atoms with van der Waals surface area (Å²) in [5.74, 6) is -0.497. The molecule has 0 heterocycles. The van der Waals surface area contributed by atoms with Gasteiger partial charge in [0.2, 0.25) is 6.08 Å². The Balaban J connectivity index is 3.81. The minimum atomic E-state index is -0.364. The van der Waals surface area contributed by atoms with E-state index in [0.717, 1.165) is 12.8 Å². The van der Waals surface area contributed by atoms with Gasteiger partial charge in [-0.25, -0.2) is 4.79 Å². The maximum atomic E-state index is 10.7. The third-order valence-electron chi connectivity index (χ3n) is 1.30. The number of nitrogens with zero attached hydrogens (tertiary/aromatic N) is 1. The highest BCUT2D eigenvalue weighted by Gasteiger charge is 2.09. The quantitative estimate of drug-likeness (QED) is 0.439. The summed E-state index contributed by atoms with van der Waals surface area (Å²) >= 11 is 0. The van der Waals surface area contributed by atoms with Crippen LogP contribution in [0.1, 0.15) is 26.7 Å². The fourth-order valence-electron chi connectivity index (χ4n) is 0.712. The summed E-state index contributed by atoms with van der Waals surface area (Å²) in [4.78, 5) is 23.3. The van der Waals surface area contributed by atoms with E-state index < -0.39 is 0 Å². The summed E-state index contributed by atoms with van der Waals surface area (Å²) in [7, 11) is 0. The summed E-state index contributed by atoms with van der Waals surface area (Å²) in [6.07, 6.45) is 2.95. The molecule has 1 amide bonds. The summed E-state index contributed by atoms with van der Waals surface area (Å²) in [5.41, 5.74) is 0. The molecule has 0 saturated carbocycles. The topological polar surface area (TPSA) is 46.5 Å². The van der Waals surface area contributed by atoms with Crippen molar-refractivity contribution in [2.75, 3.05) is 0 Å². The molecule has 0 aliphatic rings. The normalized spacial score (nSPS) is 11.8. The molecule has 0 saturated heterocycles. The molecular formula is C7H11NO2. The molecule has 0 aliphatic carbocycles. The first kappa shape index (κ1) is 9.05. The zero-order valence-corrected chi connectivity index (χ0v) is 6.26. The summed E-state index contributed by atoms with van der Waals surface area (Å²) in [6.45, 7) is 3.74. The zero-order chi connectivity index (χ0) is 7.98. The van der Waals surface area contributed by atoms with Gasteiger partial charge in [0.25, 0.3) is 5.91 Å². The van der Waals surface area contributed by atoms with Crippen LogP contribution < -0.4 is 0 Å². The number of amides is 1. The Morgan fingerprint density at radius 3 is 2.70 bits per heavy atom. The number of rotatable bonds is 3. The highest BCUT2D eigenvalue weighted by Crippen LogP contribution is 2.05. The van der Waals surface area contributed by atoms with E-state index >= 15 is 0 Å². The van der Waals surface area contributed by atoms with Gasteiger partial charge in [-0.05, 0) is 6.42 Å². The lowest BCUT2D eigenvalue weighted by Gasteiger charge is -2.00. The Morgan fingerprint density at radius 2 is 2.30 bits per heavy atom. The maximum Gasteiger partial charge on any atom is 0.259 e. The Kier molecular flexibility index (Phi) is 4.42. The first-order chi connectivity index (χ1) is 4.72. The fourth-order valence-corrected chi connectivity index (χ4v) is 0.712. The molecule has 0 fully saturated rings. The number of isocyanates is 1. The number of carbonyl (C=O) groups is 1. The van der Waals surface area contributed by atoms with Gasteiger partial charge >= 0.3 is 0 Å². The van der Waals surface area contributed by atoms with Gasteiger partial charge in [-0.2, -0.15) is 0 Å². The van der Waals surface area contributed by atoms with Crippen LogP contribution in [-0.2, 0) is 9.59 Å². The lowest BCUT2D eigenvalue weighted by Crippen LogP contribution is -2.06. The molecule has 0 unspecified atom stereocenters. The first-order valence-electron chi connectivity index (χ1n) is 3.34. The molecule has 56 valence electrons. The van der Waals surface area contributed by atoms with Crippen LogP contribution >= 0.6 is 0 Å². The molecule has 1 atom stereocenters. The van der Waals surface area contributed by atoms with Crippen LogP contribution in [-0.4, -0.2) is 12.0 Å². The van der Waals surface area contributed by atoms with Crippen LogP contribution in [0.3, 0.4) is 0 Å². The van der Waals surface area contributed by atoms with Crippen molar-refractivity contribution < 1.29 is 9.59 Å². The molecule has 0 spiro atoms. The second-order valence-corrected chi connectivity index (χ2v) is 2.23. The van der Waals surface area contributed by atoms with E-state index in [1.807, 2.05) is 6.92 Å². The number of hydrogen-bond donors (Lipinski definition) is 0. The molecule has 10 heavy (non-hydrogen) atoms. The van der Waals surface area contributed by atoms with Gasteiger partial charge in [0.05, 0.1) is 0 Å². The molecule has 0 aromatic rings. The third kappa shape index (κ3) is 3.15.